The lowest BCUT2D eigenvalue weighted by atomic mass is 9.97. The number of hydrogen-bond donors (Lipinski definition) is 1. The first-order valence-corrected chi connectivity index (χ1v) is 9.93. The highest BCUT2D eigenvalue weighted by atomic mass is 19.1. The molecule has 1 aliphatic rings. The van der Waals surface area contributed by atoms with Crippen molar-refractivity contribution >= 4 is 22.3 Å². The minimum Gasteiger partial charge on any atom is -0.339 e. The van der Waals surface area contributed by atoms with Gasteiger partial charge >= 0.3 is 0 Å². The number of nitriles is 1. The van der Waals surface area contributed by atoms with E-state index in [2.05, 4.69) is 4.98 Å². The number of carbonyl (C=O) groups is 1. The van der Waals surface area contributed by atoms with Gasteiger partial charge in [-0.2, -0.15) is 5.26 Å². The first-order valence-electron chi connectivity index (χ1n) is 9.93. The molecular formula is C24H19F2N3O2. The van der Waals surface area contributed by atoms with E-state index < -0.39 is 5.82 Å². The number of nitrogens with zero attached hydrogens (tertiary/aromatic N) is 2. The number of amides is 1. The van der Waals surface area contributed by atoms with E-state index in [1.54, 1.807) is 17.0 Å². The second kappa shape index (κ2) is 8.52. The molecule has 156 valence electrons. The quantitative estimate of drug-likeness (QED) is 0.696. The fourth-order valence-electron chi connectivity index (χ4n) is 3.80. The summed E-state index contributed by atoms with van der Waals surface area (Å²) >= 11 is 0. The lowest BCUT2D eigenvalue weighted by Gasteiger charge is -2.27. The molecule has 4 rings (SSSR count). The minimum atomic E-state index is -0.474. The number of hydrogen-bond acceptors (Lipinski definition) is 3. The first kappa shape index (κ1) is 20.5. The van der Waals surface area contributed by atoms with Gasteiger partial charge in [-0.1, -0.05) is 12.1 Å². The van der Waals surface area contributed by atoms with Crippen LogP contribution in [0.15, 0.2) is 53.3 Å². The number of fused-ring (bicyclic) bond motifs is 1. The Bertz CT molecular complexity index is 1300. The maximum absolute atomic E-state index is 14.1. The van der Waals surface area contributed by atoms with Crippen LogP contribution in [0.4, 0.5) is 8.78 Å². The zero-order valence-electron chi connectivity index (χ0n) is 16.6. The van der Waals surface area contributed by atoms with Crippen LogP contribution in [0.5, 0.6) is 0 Å². The van der Waals surface area contributed by atoms with Crippen molar-refractivity contribution in [3.8, 4) is 6.07 Å². The van der Waals surface area contributed by atoms with Crippen LogP contribution >= 0.6 is 0 Å². The molecule has 1 amide bonds. The van der Waals surface area contributed by atoms with E-state index in [-0.39, 0.29) is 29.1 Å². The molecular weight excluding hydrogens is 400 g/mol. The Balaban J connectivity index is 1.42. The van der Waals surface area contributed by atoms with E-state index >= 15 is 0 Å². The van der Waals surface area contributed by atoms with Gasteiger partial charge in [0.2, 0.25) is 5.91 Å². The Kier molecular flexibility index (Phi) is 5.63. The maximum Gasteiger partial charge on any atom is 0.256 e. The molecule has 0 bridgehead atoms. The summed E-state index contributed by atoms with van der Waals surface area (Å²) in [6.45, 7) is 0.812. The van der Waals surface area contributed by atoms with Crippen molar-refractivity contribution < 1.29 is 13.6 Å². The van der Waals surface area contributed by atoms with Crippen LogP contribution in [0.3, 0.4) is 0 Å². The number of pyridine rings is 1. The van der Waals surface area contributed by atoms with Gasteiger partial charge in [-0.25, -0.2) is 8.78 Å². The fraction of sp³-hybridized carbons (Fsp3) is 0.208. The smallest absolute Gasteiger partial charge is 0.256 e. The Morgan fingerprint density at radius 3 is 2.74 bits per heavy atom. The number of H-pyrrole nitrogens is 1. The van der Waals surface area contributed by atoms with Crippen LogP contribution in [-0.4, -0.2) is 28.9 Å². The van der Waals surface area contributed by atoms with Crippen molar-refractivity contribution in [2.45, 2.75) is 19.3 Å². The molecule has 0 saturated carbocycles. The van der Waals surface area contributed by atoms with Gasteiger partial charge < -0.3 is 9.88 Å². The number of nitrogens with one attached hydrogen (secondary N) is 1. The second-order valence-electron chi connectivity index (χ2n) is 7.48. The zero-order valence-corrected chi connectivity index (χ0v) is 16.6. The first-order chi connectivity index (χ1) is 14.9. The Hall–Kier alpha value is -3.79. The number of aromatic amines is 1. The highest BCUT2D eigenvalue weighted by Crippen LogP contribution is 2.26. The molecule has 31 heavy (non-hydrogen) atoms. The summed E-state index contributed by atoms with van der Waals surface area (Å²) < 4.78 is 27.5. The molecule has 0 radical (unpaired) electrons. The van der Waals surface area contributed by atoms with Crippen LogP contribution in [0.2, 0.25) is 0 Å². The summed E-state index contributed by atoms with van der Waals surface area (Å²) in [6, 6.07) is 12.0. The van der Waals surface area contributed by atoms with E-state index in [1.165, 1.54) is 30.3 Å². The van der Waals surface area contributed by atoms with Crippen LogP contribution in [-0.2, 0) is 11.2 Å². The number of carbonyl (C=O) groups excluding carboxylic acids is 1. The van der Waals surface area contributed by atoms with Gasteiger partial charge in [0, 0.05) is 36.2 Å². The molecule has 1 aliphatic heterocycles. The van der Waals surface area contributed by atoms with Crippen LogP contribution in [0, 0.1) is 23.0 Å². The van der Waals surface area contributed by atoms with Crippen molar-refractivity contribution in [3.05, 3.63) is 87.3 Å². The highest BCUT2D eigenvalue weighted by Gasteiger charge is 2.20. The number of benzene rings is 2. The number of halogens is 2. The highest BCUT2D eigenvalue weighted by molar-refractivity contribution is 5.82. The van der Waals surface area contributed by atoms with Crippen LogP contribution in [0.25, 0.3) is 16.3 Å². The van der Waals surface area contributed by atoms with Gasteiger partial charge in [0.25, 0.3) is 5.56 Å². The minimum absolute atomic E-state index is 0.0680. The molecule has 0 unspecified atom stereocenters. The normalized spacial score (nSPS) is 13.7. The van der Waals surface area contributed by atoms with Crippen molar-refractivity contribution in [2.75, 3.05) is 13.1 Å². The summed E-state index contributed by atoms with van der Waals surface area (Å²) in [4.78, 5) is 29.2. The summed E-state index contributed by atoms with van der Waals surface area (Å²) in [7, 11) is 0. The van der Waals surface area contributed by atoms with E-state index in [0.29, 0.717) is 48.1 Å². The van der Waals surface area contributed by atoms with Gasteiger partial charge in [0.15, 0.2) is 0 Å². The Morgan fingerprint density at radius 1 is 1.16 bits per heavy atom. The summed E-state index contributed by atoms with van der Waals surface area (Å²) in [5.41, 5.74) is 1.80. The van der Waals surface area contributed by atoms with E-state index in [9.17, 15) is 18.4 Å². The molecule has 0 saturated heterocycles. The van der Waals surface area contributed by atoms with Gasteiger partial charge in [0.1, 0.15) is 11.6 Å². The number of aromatic nitrogens is 1. The molecule has 0 fully saturated rings. The predicted molar refractivity (Wildman–Crippen MR) is 113 cm³/mol. The fourth-order valence-corrected chi connectivity index (χ4v) is 3.80. The van der Waals surface area contributed by atoms with E-state index in [1.807, 2.05) is 12.1 Å². The number of rotatable bonds is 4. The number of aryl methyl sites for hydroxylation is 1. The van der Waals surface area contributed by atoms with Crippen LogP contribution < -0.4 is 5.56 Å². The monoisotopic (exact) mass is 419 g/mol. The van der Waals surface area contributed by atoms with Crippen molar-refractivity contribution in [1.29, 1.82) is 5.26 Å². The molecule has 0 aliphatic carbocycles. The Labute approximate surface area is 177 Å². The van der Waals surface area contributed by atoms with Crippen molar-refractivity contribution in [3.63, 3.8) is 0 Å². The molecule has 1 N–H and O–H groups in total. The summed E-state index contributed by atoms with van der Waals surface area (Å²) in [6.07, 6.45) is 2.88. The molecule has 1 aromatic heterocycles. The SMILES string of the molecule is N#Cc1ccc(F)c(C2=CCN(C(=O)CCc3cc4ccc(F)cc4c(=O)[nH]3)CC2)c1. The topological polar surface area (TPSA) is 77.0 Å². The predicted octanol–water partition coefficient (Wildman–Crippen LogP) is 3.93. The molecule has 3 aromatic rings. The standard InChI is InChI=1S/C24H19F2N3O2/c25-18-3-2-17-12-19(28-24(31)21(17)13-18)4-6-23(30)29-9-7-16(8-10-29)20-11-15(14-27)1-5-22(20)26/h1-3,5,7,11-13H,4,6,8-10H2,(H,28,31). The molecule has 2 aromatic carbocycles. The van der Waals surface area contributed by atoms with E-state index in [4.69, 9.17) is 5.26 Å². The van der Waals surface area contributed by atoms with Gasteiger partial charge in [-0.05, 0) is 60.2 Å². The average molecular weight is 419 g/mol. The van der Waals surface area contributed by atoms with Crippen molar-refractivity contribution in [1.82, 2.24) is 9.88 Å². The van der Waals surface area contributed by atoms with Gasteiger partial charge in [-0.15, -0.1) is 0 Å². The molecule has 5 nitrogen and oxygen atoms in total. The molecule has 2 heterocycles. The molecule has 7 heteroatoms. The lowest BCUT2D eigenvalue weighted by molar-refractivity contribution is -0.130. The largest absolute Gasteiger partial charge is 0.339 e. The van der Waals surface area contributed by atoms with Gasteiger partial charge in [0.05, 0.1) is 11.6 Å². The van der Waals surface area contributed by atoms with Crippen LogP contribution in [0.1, 0.15) is 29.7 Å². The third kappa shape index (κ3) is 4.38. The third-order valence-electron chi connectivity index (χ3n) is 5.48. The third-order valence-corrected chi connectivity index (χ3v) is 5.48. The van der Waals surface area contributed by atoms with E-state index in [0.717, 1.165) is 5.57 Å². The molecule has 0 atom stereocenters. The summed E-state index contributed by atoms with van der Waals surface area (Å²) in [5, 5.41) is 9.92. The van der Waals surface area contributed by atoms with Gasteiger partial charge in [-0.3, -0.25) is 9.59 Å². The molecule has 0 spiro atoms. The Morgan fingerprint density at radius 2 is 2.00 bits per heavy atom. The summed E-state index contributed by atoms with van der Waals surface area (Å²) in [5.74, 6) is -0.926. The average Bonchev–Trinajstić information content (AvgIpc) is 2.78. The maximum atomic E-state index is 14.1. The zero-order chi connectivity index (χ0) is 22.0. The van der Waals surface area contributed by atoms with Crippen molar-refractivity contribution in [2.24, 2.45) is 0 Å². The lowest BCUT2D eigenvalue weighted by Crippen LogP contribution is -2.35. The second-order valence-corrected chi connectivity index (χ2v) is 7.48.